The molecule has 0 aliphatic heterocycles. The Morgan fingerprint density at radius 2 is 2.10 bits per heavy atom. The molecule has 10 heavy (non-hydrogen) atoms. The number of nitrogens with zero attached hydrogens (tertiary/aromatic N) is 2. The summed E-state index contributed by atoms with van der Waals surface area (Å²) in [6.07, 6.45) is 1.84. The zero-order valence-electron chi connectivity index (χ0n) is 6.68. The summed E-state index contributed by atoms with van der Waals surface area (Å²) in [6.45, 7) is 7.74. The van der Waals surface area contributed by atoms with Crippen LogP contribution >= 0.6 is 0 Å². The van der Waals surface area contributed by atoms with Crippen molar-refractivity contribution >= 4 is 6.08 Å². The van der Waals surface area contributed by atoms with E-state index in [1.165, 1.54) is 5.69 Å². The Morgan fingerprint density at radius 3 is 2.30 bits per heavy atom. The molecule has 1 aromatic rings. The van der Waals surface area contributed by atoms with Gasteiger partial charge >= 0.3 is 0 Å². The molecule has 0 unspecified atom stereocenters. The van der Waals surface area contributed by atoms with Gasteiger partial charge in [0, 0.05) is 18.3 Å². The molecule has 1 rings (SSSR count). The van der Waals surface area contributed by atoms with Crippen LogP contribution in [0.15, 0.2) is 6.58 Å². The minimum Gasteiger partial charge on any atom is -0.272 e. The van der Waals surface area contributed by atoms with Gasteiger partial charge in [0.1, 0.15) is 0 Å². The molecule has 0 aliphatic carbocycles. The predicted molar refractivity (Wildman–Crippen MR) is 42.8 cm³/mol. The average molecular weight is 136 g/mol. The first kappa shape index (κ1) is 7.06. The smallest absolute Gasteiger partial charge is 0.0668 e. The summed E-state index contributed by atoms with van der Waals surface area (Å²) in [5.74, 6) is 0. The van der Waals surface area contributed by atoms with Crippen molar-refractivity contribution in [1.29, 1.82) is 0 Å². The largest absolute Gasteiger partial charge is 0.272 e. The van der Waals surface area contributed by atoms with Crippen LogP contribution in [-0.2, 0) is 7.05 Å². The molecule has 1 aromatic heterocycles. The standard InChI is InChI=1S/C8H12N2/c1-5-8-6(2)9-10(4)7(8)3/h5H,1H2,2-4H3. The molecule has 0 saturated carbocycles. The number of aryl methyl sites for hydroxylation is 2. The Kier molecular flexibility index (Phi) is 1.62. The summed E-state index contributed by atoms with van der Waals surface area (Å²) in [5, 5.41) is 4.23. The molecule has 0 spiro atoms. The summed E-state index contributed by atoms with van der Waals surface area (Å²) in [5.41, 5.74) is 3.38. The maximum Gasteiger partial charge on any atom is 0.0668 e. The first-order valence-electron chi connectivity index (χ1n) is 3.29. The van der Waals surface area contributed by atoms with Gasteiger partial charge in [-0.05, 0) is 13.8 Å². The molecular weight excluding hydrogens is 124 g/mol. The lowest BCUT2D eigenvalue weighted by Crippen LogP contribution is -1.92. The lowest BCUT2D eigenvalue weighted by atomic mass is 10.2. The number of rotatable bonds is 1. The fraction of sp³-hybridized carbons (Fsp3) is 0.375. The van der Waals surface area contributed by atoms with Crippen molar-refractivity contribution in [2.45, 2.75) is 13.8 Å². The van der Waals surface area contributed by atoms with Crippen molar-refractivity contribution in [3.8, 4) is 0 Å². The Hall–Kier alpha value is -1.05. The first-order valence-corrected chi connectivity index (χ1v) is 3.29. The van der Waals surface area contributed by atoms with Gasteiger partial charge < -0.3 is 0 Å². The van der Waals surface area contributed by atoms with E-state index in [4.69, 9.17) is 0 Å². The highest BCUT2D eigenvalue weighted by Gasteiger charge is 2.03. The van der Waals surface area contributed by atoms with E-state index in [1.54, 1.807) is 0 Å². The number of hydrogen-bond acceptors (Lipinski definition) is 1. The van der Waals surface area contributed by atoms with Gasteiger partial charge in [0.25, 0.3) is 0 Å². The summed E-state index contributed by atoms with van der Waals surface area (Å²) in [7, 11) is 1.94. The maximum atomic E-state index is 4.23. The second-order valence-corrected chi connectivity index (χ2v) is 2.41. The molecule has 0 bridgehead atoms. The average Bonchev–Trinajstić information content (AvgIpc) is 2.09. The predicted octanol–water partition coefficient (Wildman–Crippen LogP) is 1.68. The maximum absolute atomic E-state index is 4.23. The van der Waals surface area contributed by atoms with E-state index in [1.807, 2.05) is 31.7 Å². The molecule has 0 aliphatic rings. The van der Waals surface area contributed by atoms with Gasteiger partial charge in [-0.25, -0.2) is 0 Å². The Morgan fingerprint density at radius 1 is 1.50 bits per heavy atom. The van der Waals surface area contributed by atoms with E-state index in [9.17, 15) is 0 Å². The van der Waals surface area contributed by atoms with Crippen molar-refractivity contribution in [3.63, 3.8) is 0 Å². The van der Waals surface area contributed by atoms with Crippen molar-refractivity contribution in [2.75, 3.05) is 0 Å². The van der Waals surface area contributed by atoms with E-state index < -0.39 is 0 Å². The van der Waals surface area contributed by atoms with Crippen LogP contribution < -0.4 is 0 Å². The molecule has 0 saturated heterocycles. The molecule has 0 N–H and O–H groups in total. The van der Waals surface area contributed by atoms with Crippen molar-refractivity contribution < 1.29 is 0 Å². The van der Waals surface area contributed by atoms with E-state index in [0.29, 0.717) is 0 Å². The van der Waals surface area contributed by atoms with Crippen molar-refractivity contribution in [1.82, 2.24) is 9.78 Å². The summed E-state index contributed by atoms with van der Waals surface area (Å²) in [4.78, 5) is 0. The van der Waals surface area contributed by atoms with E-state index in [-0.39, 0.29) is 0 Å². The molecule has 0 radical (unpaired) electrons. The number of hydrogen-bond donors (Lipinski definition) is 0. The highest BCUT2D eigenvalue weighted by Crippen LogP contribution is 2.11. The van der Waals surface area contributed by atoms with Gasteiger partial charge in [-0.1, -0.05) is 12.7 Å². The minimum atomic E-state index is 1.05. The molecule has 54 valence electrons. The third-order valence-corrected chi connectivity index (χ3v) is 1.77. The van der Waals surface area contributed by atoms with Gasteiger partial charge in [-0.2, -0.15) is 5.10 Å². The fourth-order valence-corrected chi connectivity index (χ4v) is 1.09. The summed E-state index contributed by atoms with van der Waals surface area (Å²) >= 11 is 0. The normalized spacial score (nSPS) is 9.90. The fourth-order valence-electron chi connectivity index (χ4n) is 1.09. The van der Waals surface area contributed by atoms with Crippen LogP contribution in [0.3, 0.4) is 0 Å². The van der Waals surface area contributed by atoms with Crippen LogP contribution in [0, 0.1) is 13.8 Å². The van der Waals surface area contributed by atoms with E-state index >= 15 is 0 Å². The lowest BCUT2D eigenvalue weighted by Gasteiger charge is -1.91. The molecule has 0 amide bonds. The first-order chi connectivity index (χ1) is 4.66. The minimum absolute atomic E-state index is 1.05. The van der Waals surface area contributed by atoms with Gasteiger partial charge in [0.15, 0.2) is 0 Å². The number of aromatic nitrogens is 2. The quantitative estimate of drug-likeness (QED) is 0.574. The molecule has 2 nitrogen and oxygen atoms in total. The van der Waals surface area contributed by atoms with Gasteiger partial charge in [0.05, 0.1) is 5.69 Å². The van der Waals surface area contributed by atoms with Crippen LogP contribution in [0.25, 0.3) is 6.08 Å². The van der Waals surface area contributed by atoms with Gasteiger partial charge in [0.2, 0.25) is 0 Å². The third kappa shape index (κ3) is 0.856. The molecule has 0 aromatic carbocycles. The zero-order valence-corrected chi connectivity index (χ0v) is 6.68. The molecule has 2 heteroatoms. The highest BCUT2D eigenvalue weighted by molar-refractivity contribution is 5.52. The van der Waals surface area contributed by atoms with Crippen molar-refractivity contribution in [2.24, 2.45) is 7.05 Å². The van der Waals surface area contributed by atoms with Crippen molar-refractivity contribution in [3.05, 3.63) is 23.5 Å². The highest BCUT2D eigenvalue weighted by atomic mass is 15.3. The third-order valence-electron chi connectivity index (χ3n) is 1.77. The molecule has 0 atom stereocenters. The van der Waals surface area contributed by atoms with E-state index in [2.05, 4.69) is 11.7 Å². The van der Waals surface area contributed by atoms with Crippen LogP contribution in [0.1, 0.15) is 17.0 Å². The molecule has 1 heterocycles. The Labute approximate surface area is 61.2 Å². The second-order valence-electron chi connectivity index (χ2n) is 2.41. The molecule has 0 fully saturated rings. The monoisotopic (exact) mass is 136 g/mol. The van der Waals surface area contributed by atoms with Crippen LogP contribution in [-0.4, -0.2) is 9.78 Å². The summed E-state index contributed by atoms with van der Waals surface area (Å²) < 4.78 is 1.87. The summed E-state index contributed by atoms with van der Waals surface area (Å²) in [6, 6.07) is 0. The van der Waals surface area contributed by atoms with Gasteiger partial charge in [-0.15, -0.1) is 0 Å². The van der Waals surface area contributed by atoms with Crippen LogP contribution in [0.4, 0.5) is 0 Å². The molecular formula is C8H12N2. The zero-order chi connectivity index (χ0) is 7.72. The van der Waals surface area contributed by atoms with Crippen LogP contribution in [0.2, 0.25) is 0 Å². The topological polar surface area (TPSA) is 17.8 Å². The lowest BCUT2D eigenvalue weighted by molar-refractivity contribution is 0.731. The van der Waals surface area contributed by atoms with Crippen LogP contribution in [0.5, 0.6) is 0 Å². The van der Waals surface area contributed by atoms with E-state index in [0.717, 1.165) is 11.3 Å². The SMILES string of the molecule is C=Cc1c(C)nn(C)c1C. The Bertz CT molecular complexity index is 258. The van der Waals surface area contributed by atoms with Gasteiger partial charge in [-0.3, -0.25) is 4.68 Å². The Balaban J connectivity index is 3.33. The second kappa shape index (κ2) is 2.29.